The molecule has 6 nitrogen and oxygen atoms in total. The molecule has 2 aliphatic rings. The molecule has 3 rings (SSSR count). The van der Waals surface area contributed by atoms with Gasteiger partial charge in [-0.25, -0.2) is 13.8 Å². The number of ether oxygens (including phenoxy) is 1. The van der Waals surface area contributed by atoms with Gasteiger partial charge in [0.15, 0.2) is 6.10 Å². The lowest BCUT2D eigenvalue weighted by molar-refractivity contribution is -0.150. The molecule has 3 heterocycles. The quantitative estimate of drug-likeness (QED) is 0.803. The molecule has 26 heavy (non-hydrogen) atoms. The topological polar surface area (TPSA) is 69.5 Å². The van der Waals surface area contributed by atoms with Gasteiger partial charge < -0.3 is 14.5 Å². The summed E-state index contributed by atoms with van der Waals surface area (Å²) >= 11 is 0. The zero-order valence-corrected chi connectivity index (χ0v) is 15.0. The summed E-state index contributed by atoms with van der Waals surface area (Å²) in [7, 11) is 0. The maximum atomic E-state index is 13.3. The van der Waals surface area contributed by atoms with Crippen LogP contribution in [0.1, 0.15) is 29.7 Å². The molecule has 1 aromatic rings. The van der Waals surface area contributed by atoms with Gasteiger partial charge in [0.25, 0.3) is 11.8 Å². The van der Waals surface area contributed by atoms with E-state index in [0.29, 0.717) is 24.5 Å². The lowest BCUT2D eigenvalue weighted by atomic mass is 10.1. The van der Waals surface area contributed by atoms with Gasteiger partial charge in [0, 0.05) is 38.2 Å². The van der Waals surface area contributed by atoms with Gasteiger partial charge in [0.2, 0.25) is 0 Å². The number of nitriles is 1. The number of hydrogen-bond acceptors (Lipinski definition) is 5. The van der Waals surface area contributed by atoms with Gasteiger partial charge in [-0.15, -0.1) is 0 Å². The van der Waals surface area contributed by atoms with Crippen LogP contribution in [0.25, 0.3) is 0 Å². The minimum atomic E-state index is -2.69. The molecule has 0 saturated carbocycles. The Hall–Kier alpha value is -2.27. The largest absolute Gasteiger partial charge is 0.365 e. The number of alkyl halides is 2. The van der Waals surface area contributed by atoms with Crippen LogP contribution in [-0.4, -0.2) is 60.6 Å². The molecule has 1 amide bonds. The van der Waals surface area contributed by atoms with Crippen LogP contribution >= 0.6 is 0 Å². The molecular weight excluding hydrogens is 342 g/mol. The Morgan fingerprint density at radius 3 is 2.69 bits per heavy atom. The van der Waals surface area contributed by atoms with Crippen LogP contribution < -0.4 is 4.90 Å². The molecule has 0 N–H and O–H groups in total. The van der Waals surface area contributed by atoms with E-state index in [0.717, 1.165) is 11.3 Å². The number of anilines is 1. The Morgan fingerprint density at radius 2 is 2.04 bits per heavy atom. The number of hydrogen-bond donors (Lipinski definition) is 0. The van der Waals surface area contributed by atoms with Crippen LogP contribution in [0.3, 0.4) is 0 Å². The van der Waals surface area contributed by atoms with Crippen LogP contribution in [0.5, 0.6) is 0 Å². The van der Waals surface area contributed by atoms with Crippen molar-refractivity contribution in [2.24, 2.45) is 0 Å². The van der Waals surface area contributed by atoms with Crippen molar-refractivity contribution in [1.29, 1.82) is 5.26 Å². The van der Waals surface area contributed by atoms with E-state index < -0.39 is 12.0 Å². The number of rotatable bonds is 2. The molecule has 2 aliphatic heterocycles. The van der Waals surface area contributed by atoms with Crippen LogP contribution in [0, 0.1) is 25.2 Å². The Kier molecular flexibility index (Phi) is 5.10. The number of pyridine rings is 1. The average molecular weight is 364 g/mol. The number of nitrogens with zero attached hydrogens (tertiary/aromatic N) is 4. The van der Waals surface area contributed by atoms with E-state index in [1.165, 1.54) is 4.90 Å². The number of likely N-dealkylation sites (tertiary alicyclic amines) is 1. The smallest absolute Gasteiger partial charge is 0.253 e. The van der Waals surface area contributed by atoms with Gasteiger partial charge in [-0.1, -0.05) is 0 Å². The van der Waals surface area contributed by atoms with Crippen molar-refractivity contribution >= 4 is 11.7 Å². The molecule has 2 fully saturated rings. The van der Waals surface area contributed by atoms with Crippen molar-refractivity contribution in [3.63, 3.8) is 0 Å². The zero-order valence-electron chi connectivity index (χ0n) is 15.0. The molecule has 1 aromatic heterocycles. The number of morpholine rings is 1. The number of halogens is 2. The first-order valence-corrected chi connectivity index (χ1v) is 8.72. The van der Waals surface area contributed by atoms with Gasteiger partial charge in [-0.05, 0) is 25.5 Å². The first-order valence-electron chi connectivity index (χ1n) is 8.72. The van der Waals surface area contributed by atoms with Crippen LogP contribution in [0.15, 0.2) is 6.07 Å². The van der Waals surface area contributed by atoms with Crippen molar-refractivity contribution in [3.05, 3.63) is 22.9 Å². The maximum absolute atomic E-state index is 13.3. The summed E-state index contributed by atoms with van der Waals surface area (Å²) in [5.74, 6) is -2.41. The van der Waals surface area contributed by atoms with Gasteiger partial charge in [0.1, 0.15) is 11.9 Å². The second kappa shape index (κ2) is 7.16. The molecule has 0 aromatic carbocycles. The molecule has 2 saturated heterocycles. The van der Waals surface area contributed by atoms with E-state index in [4.69, 9.17) is 4.74 Å². The monoisotopic (exact) mass is 364 g/mol. The molecule has 0 spiro atoms. The highest BCUT2D eigenvalue weighted by atomic mass is 19.3. The summed E-state index contributed by atoms with van der Waals surface area (Å²) < 4.78 is 32.2. The SMILES string of the molecule is Cc1cc(C)c(C#N)c(N2CCOC(C(=O)N3CCC(F)(F)CC3)C2)n1. The van der Waals surface area contributed by atoms with Crippen molar-refractivity contribution in [2.45, 2.75) is 38.7 Å². The first-order chi connectivity index (χ1) is 12.3. The minimum Gasteiger partial charge on any atom is -0.365 e. The summed E-state index contributed by atoms with van der Waals surface area (Å²) in [6.45, 7) is 4.89. The minimum absolute atomic E-state index is 0.0386. The summed E-state index contributed by atoms with van der Waals surface area (Å²) in [4.78, 5) is 20.5. The fourth-order valence-electron chi connectivity index (χ4n) is 3.43. The van der Waals surface area contributed by atoms with E-state index in [9.17, 15) is 18.8 Å². The molecule has 0 radical (unpaired) electrons. The number of aromatic nitrogens is 1. The molecule has 8 heteroatoms. The fourth-order valence-corrected chi connectivity index (χ4v) is 3.43. The van der Waals surface area contributed by atoms with Gasteiger partial charge in [0.05, 0.1) is 18.7 Å². The molecule has 1 unspecified atom stereocenters. The third-order valence-electron chi connectivity index (χ3n) is 4.89. The van der Waals surface area contributed by atoms with E-state index >= 15 is 0 Å². The van der Waals surface area contributed by atoms with Crippen LogP contribution in [0.2, 0.25) is 0 Å². The Morgan fingerprint density at radius 1 is 1.35 bits per heavy atom. The summed E-state index contributed by atoms with van der Waals surface area (Å²) in [6, 6.07) is 4.03. The second-order valence-electron chi connectivity index (χ2n) is 6.88. The normalized spacial score (nSPS) is 22.8. The second-order valence-corrected chi connectivity index (χ2v) is 6.88. The van der Waals surface area contributed by atoms with E-state index in [1.54, 1.807) is 0 Å². The molecule has 140 valence electrons. The highest BCUT2D eigenvalue weighted by molar-refractivity contribution is 5.82. The number of carbonyl (C=O) groups excluding carboxylic acids is 1. The van der Waals surface area contributed by atoms with Crippen LogP contribution in [0.4, 0.5) is 14.6 Å². The summed E-state index contributed by atoms with van der Waals surface area (Å²) in [5, 5.41) is 9.45. The van der Waals surface area contributed by atoms with Crippen molar-refractivity contribution in [3.8, 4) is 6.07 Å². The highest BCUT2D eigenvalue weighted by Crippen LogP contribution is 2.29. The third kappa shape index (κ3) is 3.78. The predicted molar refractivity (Wildman–Crippen MR) is 91.1 cm³/mol. The number of aryl methyl sites for hydroxylation is 2. The lowest BCUT2D eigenvalue weighted by Gasteiger charge is -2.38. The van der Waals surface area contributed by atoms with Crippen molar-refractivity contribution in [2.75, 3.05) is 37.7 Å². The van der Waals surface area contributed by atoms with E-state index in [1.807, 2.05) is 24.8 Å². The Bertz CT molecular complexity index is 737. The van der Waals surface area contributed by atoms with E-state index in [-0.39, 0.29) is 38.4 Å². The molecule has 0 aliphatic carbocycles. The maximum Gasteiger partial charge on any atom is 0.253 e. The number of amides is 1. The summed E-state index contributed by atoms with van der Waals surface area (Å²) in [5.41, 5.74) is 2.12. The van der Waals surface area contributed by atoms with Crippen molar-refractivity contribution < 1.29 is 18.3 Å². The molecular formula is C18H22F2N4O2. The first kappa shape index (κ1) is 18.5. The van der Waals surface area contributed by atoms with Crippen molar-refractivity contribution in [1.82, 2.24) is 9.88 Å². The molecule has 0 bridgehead atoms. The Labute approximate surface area is 151 Å². The summed E-state index contributed by atoms with van der Waals surface area (Å²) in [6.07, 6.45) is -1.36. The Balaban J connectivity index is 1.74. The van der Waals surface area contributed by atoms with Gasteiger partial charge in [-0.2, -0.15) is 5.26 Å². The predicted octanol–water partition coefficient (Wildman–Crippen LogP) is 2.03. The standard InChI is InChI=1S/C18H22F2N4O2/c1-12-9-13(2)22-16(14(12)10-21)24-7-8-26-15(11-24)17(25)23-5-3-18(19,20)4-6-23/h9,15H,3-8,11H2,1-2H3. The van der Waals surface area contributed by atoms with Crippen LogP contribution in [-0.2, 0) is 9.53 Å². The fraction of sp³-hybridized carbons (Fsp3) is 0.611. The lowest BCUT2D eigenvalue weighted by Crippen LogP contribution is -2.53. The molecule has 1 atom stereocenters. The number of piperidine rings is 1. The average Bonchev–Trinajstić information content (AvgIpc) is 2.60. The van der Waals surface area contributed by atoms with Gasteiger partial charge in [-0.3, -0.25) is 4.79 Å². The number of carbonyl (C=O) groups is 1. The third-order valence-corrected chi connectivity index (χ3v) is 4.89. The van der Waals surface area contributed by atoms with Gasteiger partial charge >= 0.3 is 0 Å². The highest BCUT2D eigenvalue weighted by Gasteiger charge is 2.39. The van der Waals surface area contributed by atoms with E-state index in [2.05, 4.69) is 11.1 Å². The zero-order chi connectivity index (χ0) is 18.9.